The number of ether oxygens (including phenoxy) is 1. The Bertz CT molecular complexity index is 3220. The van der Waals surface area contributed by atoms with E-state index in [0.717, 1.165) is 62.4 Å². The molecular formula is C55H44F4N4O. The predicted molar refractivity (Wildman–Crippen MR) is 251 cm³/mol. The van der Waals surface area contributed by atoms with Gasteiger partial charge in [0.25, 0.3) is 0 Å². The second-order valence-electron chi connectivity index (χ2n) is 17.5. The highest BCUT2D eigenvalue weighted by atomic mass is 19.1. The Labute approximate surface area is 370 Å². The molecule has 1 aliphatic rings. The van der Waals surface area contributed by atoms with Crippen molar-refractivity contribution in [2.24, 2.45) is 0 Å². The Hall–Kier alpha value is -7.39. The van der Waals surface area contributed by atoms with Gasteiger partial charge in [-0.3, -0.25) is 4.57 Å². The molecule has 7 aromatic carbocycles. The summed E-state index contributed by atoms with van der Waals surface area (Å²) >= 11 is 0. The van der Waals surface area contributed by atoms with Gasteiger partial charge in [0, 0.05) is 59.4 Å². The molecule has 0 saturated heterocycles. The van der Waals surface area contributed by atoms with Crippen molar-refractivity contribution in [2.75, 3.05) is 16.5 Å². The first-order valence-electron chi connectivity index (χ1n) is 21.6. The molecule has 318 valence electrons. The minimum Gasteiger partial charge on any atom is -0.457 e. The summed E-state index contributed by atoms with van der Waals surface area (Å²) in [4.78, 5) is 8.90. The number of nitrogens with zero attached hydrogens (tertiary/aromatic N) is 4. The van der Waals surface area contributed by atoms with Crippen LogP contribution in [0, 0.1) is 23.3 Å². The summed E-state index contributed by atoms with van der Waals surface area (Å²) < 4.78 is 77.7. The summed E-state index contributed by atoms with van der Waals surface area (Å²) in [7, 11) is 0. The van der Waals surface area contributed by atoms with Crippen LogP contribution in [0.3, 0.4) is 0 Å². The largest absolute Gasteiger partial charge is 0.457 e. The molecule has 0 atom stereocenters. The maximum Gasteiger partial charge on any atom is 0.137 e. The van der Waals surface area contributed by atoms with Gasteiger partial charge in [-0.05, 0) is 112 Å². The fourth-order valence-corrected chi connectivity index (χ4v) is 8.84. The molecule has 0 unspecified atom stereocenters. The molecule has 0 amide bonds. The Balaban J connectivity index is 1.10. The lowest BCUT2D eigenvalue weighted by atomic mass is 9.88. The molecule has 0 fully saturated rings. The lowest BCUT2D eigenvalue weighted by Gasteiger charge is -2.27. The molecule has 0 aliphatic carbocycles. The fraction of sp³-hybridized carbons (Fsp3) is 0.145. The van der Waals surface area contributed by atoms with Crippen LogP contribution in [0.15, 0.2) is 158 Å². The highest BCUT2D eigenvalue weighted by Crippen LogP contribution is 2.51. The monoisotopic (exact) mass is 853 g/mol. The molecule has 0 saturated carbocycles. The average Bonchev–Trinajstić information content (AvgIpc) is 3.81. The van der Waals surface area contributed by atoms with E-state index >= 15 is 0 Å². The fourth-order valence-electron chi connectivity index (χ4n) is 8.84. The zero-order chi connectivity index (χ0) is 45.4. The first-order chi connectivity index (χ1) is 31.1. The van der Waals surface area contributed by atoms with Gasteiger partial charge in [-0.1, -0.05) is 83.1 Å². The SMILES string of the molecule is [2H]C(C)(C)c1cc(Oc2ccc3c4ccccc4n(-c4cc(C(C)(C)C)ccn4)c3c2)cc(N2CN(c3c(-c4cc(F)cc(F)c4)cccc3-c3cc(F)cc(F)c3)c3ccccc32)c1. The van der Waals surface area contributed by atoms with Gasteiger partial charge in [0.1, 0.15) is 47.3 Å². The Morgan fingerprint density at radius 2 is 1.20 bits per heavy atom. The smallest absolute Gasteiger partial charge is 0.137 e. The number of hydrogen-bond donors (Lipinski definition) is 0. The van der Waals surface area contributed by atoms with Crippen molar-refractivity contribution in [1.29, 1.82) is 0 Å². The Kier molecular flexibility index (Phi) is 9.71. The number of aromatic nitrogens is 2. The van der Waals surface area contributed by atoms with E-state index in [1.54, 1.807) is 18.2 Å². The summed E-state index contributed by atoms with van der Waals surface area (Å²) in [6.07, 6.45) is 1.85. The van der Waals surface area contributed by atoms with Gasteiger partial charge in [-0.15, -0.1) is 0 Å². The van der Waals surface area contributed by atoms with Gasteiger partial charge < -0.3 is 14.5 Å². The van der Waals surface area contributed by atoms with Crippen LogP contribution in [0.25, 0.3) is 49.9 Å². The van der Waals surface area contributed by atoms with Gasteiger partial charge in [0.2, 0.25) is 0 Å². The van der Waals surface area contributed by atoms with E-state index in [1.165, 1.54) is 24.3 Å². The van der Waals surface area contributed by atoms with E-state index in [4.69, 9.17) is 9.72 Å². The van der Waals surface area contributed by atoms with Crippen LogP contribution in [0.4, 0.5) is 40.3 Å². The van der Waals surface area contributed by atoms with Gasteiger partial charge in [-0.25, -0.2) is 22.5 Å². The molecule has 64 heavy (non-hydrogen) atoms. The van der Waals surface area contributed by atoms with Crippen LogP contribution < -0.4 is 14.5 Å². The van der Waals surface area contributed by atoms with Crippen LogP contribution in [-0.2, 0) is 5.41 Å². The van der Waals surface area contributed by atoms with E-state index < -0.39 is 29.2 Å². The number of para-hydroxylation sites is 4. The van der Waals surface area contributed by atoms with Gasteiger partial charge in [-0.2, -0.15) is 0 Å². The highest BCUT2D eigenvalue weighted by molar-refractivity contribution is 6.09. The van der Waals surface area contributed by atoms with Crippen LogP contribution in [0.2, 0.25) is 0 Å². The number of hydrogen-bond acceptors (Lipinski definition) is 4. The first-order valence-corrected chi connectivity index (χ1v) is 21.1. The molecule has 9 heteroatoms. The summed E-state index contributed by atoms with van der Waals surface area (Å²) in [5.74, 6) is -2.17. The number of pyridine rings is 1. The highest BCUT2D eigenvalue weighted by Gasteiger charge is 2.32. The van der Waals surface area contributed by atoms with Gasteiger partial charge in [0.15, 0.2) is 0 Å². The zero-order valence-electron chi connectivity index (χ0n) is 36.9. The lowest BCUT2D eigenvalue weighted by molar-refractivity contribution is 0.482. The van der Waals surface area contributed by atoms with E-state index in [9.17, 15) is 18.9 Å². The zero-order valence-corrected chi connectivity index (χ0v) is 35.9. The minimum atomic E-state index is -1.03. The van der Waals surface area contributed by atoms with Crippen LogP contribution in [0.5, 0.6) is 11.5 Å². The molecule has 0 spiro atoms. The lowest BCUT2D eigenvalue weighted by Crippen LogP contribution is -2.25. The van der Waals surface area contributed by atoms with Crippen molar-refractivity contribution in [2.45, 2.75) is 45.9 Å². The number of anilines is 4. The first kappa shape index (κ1) is 39.5. The average molecular weight is 854 g/mol. The van der Waals surface area contributed by atoms with Crippen LogP contribution in [0.1, 0.15) is 53.0 Å². The maximum atomic E-state index is 14.9. The standard InChI is InChI=1S/C55H44F4N4O/c1-33(2)34-25-42(30-44(26-34)64-43-17-18-48-47-11-6-7-14-49(47)63(52(48)31-43)53-27-37(19-20-60-53)55(3,4)5)61-32-62(51-16-9-8-15-50(51)61)54-45(35-21-38(56)28-39(57)22-35)12-10-13-46(54)36-23-40(58)29-41(59)24-36/h6-31,33H,32H2,1-5H3/i33D. The number of halogens is 4. The third-order valence-electron chi connectivity index (χ3n) is 11.9. The quantitative estimate of drug-likeness (QED) is 0.143. The molecular weight excluding hydrogens is 809 g/mol. The normalized spacial score (nSPS) is 13.2. The summed E-state index contributed by atoms with van der Waals surface area (Å²) in [5, 5.41) is 2.14. The molecule has 1 aliphatic heterocycles. The van der Waals surface area contributed by atoms with Crippen molar-refractivity contribution >= 4 is 44.6 Å². The van der Waals surface area contributed by atoms with E-state index in [1.807, 2.05) is 91.7 Å². The van der Waals surface area contributed by atoms with Crippen molar-refractivity contribution in [3.8, 4) is 39.6 Å². The van der Waals surface area contributed by atoms with E-state index in [-0.39, 0.29) is 23.2 Å². The number of rotatable bonds is 8. The summed E-state index contributed by atoms with van der Waals surface area (Å²) in [5.41, 5.74) is 7.92. The second-order valence-corrected chi connectivity index (χ2v) is 17.5. The number of benzene rings is 7. The molecule has 10 rings (SSSR count). The molecule has 2 aromatic heterocycles. The summed E-state index contributed by atoms with van der Waals surface area (Å²) in [6, 6.07) is 43.8. The minimum absolute atomic E-state index is 0.0843. The molecule has 3 heterocycles. The van der Waals surface area contributed by atoms with E-state index in [0.29, 0.717) is 33.9 Å². The van der Waals surface area contributed by atoms with Crippen LogP contribution in [-0.4, -0.2) is 16.2 Å². The van der Waals surface area contributed by atoms with Crippen molar-refractivity contribution in [3.05, 3.63) is 192 Å². The van der Waals surface area contributed by atoms with Gasteiger partial charge >= 0.3 is 0 Å². The Morgan fingerprint density at radius 3 is 1.84 bits per heavy atom. The molecule has 0 bridgehead atoms. The van der Waals surface area contributed by atoms with Crippen molar-refractivity contribution in [1.82, 2.24) is 9.55 Å². The topological polar surface area (TPSA) is 33.5 Å². The number of fused-ring (bicyclic) bond motifs is 4. The third-order valence-corrected chi connectivity index (χ3v) is 11.9. The maximum absolute atomic E-state index is 14.9. The summed E-state index contributed by atoms with van der Waals surface area (Å²) in [6.45, 7) is 10.4. The van der Waals surface area contributed by atoms with E-state index in [2.05, 4.69) is 60.6 Å². The van der Waals surface area contributed by atoms with Crippen molar-refractivity contribution < 1.29 is 23.7 Å². The molecule has 9 aromatic rings. The molecule has 0 radical (unpaired) electrons. The second kappa shape index (κ2) is 15.8. The molecule has 0 N–H and O–H groups in total. The van der Waals surface area contributed by atoms with Crippen LogP contribution >= 0.6 is 0 Å². The molecule has 5 nitrogen and oxygen atoms in total. The van der Waals surface area contributed by atoms with Gasteiger partial charge in [0.05, 0.1) is 28.1 Å². The Morgan fingerprint density at radius 1 is 0.594 bits per heavy atom. The van der Waals surface area contributed by atoms with Crippen molar-refractivity contribution in [3.63, 3.8) is 0 Å². The predicted octanol–water partition coefficient (Wildman–Crippen LogP) is 15.5. The third kappa shape index (κ3) is 7.40.